The maximum Gasteiger partial charge on any atom is 0.341 e. The van der Waals surface area contributed by atoms with Crippen molar-refractivity contribution in [2.45, 2.75) is 6.92 Å². The number of rotatable bonds is 4. The summed E-state index contributed by atoms with van der Waals surface area (Å²) in [5, 5.41) is 3.34. The summed E-state index contributed by atoms with van der Waals surface area (Å²) in [4.78, 5) is 26.0. The van der Waals surface area contributed by atoms with Crippen LogP contribution in [0.1, 0.15) is 25.6 Å². The largest absolute Gasteiger partial charge is 0.465 e. The number of methoxy groups -OCH3 is 1. The first-order valence-electron chi connectivity index (χ1n) is 7.86. The van der Waals surface area contributed by atoms with Crippen LogP contribution < -0.4 is 5.32 Å². The number of hydrogen-bond acceptors (Lipinski definition) is 4. The van der Waals surface area contributed by atoms with Crippen molar-refractivity contribution < 1.29 is 14.3 Å². The molecule has 4 nitrogen and oxygen atoms in total. The molecule has 0 fully saturated rings. The van der Waals surface area contributed by atoms with Gasteiger partial charge in [0, 0.05) is 14.9 Å². The van der Waals surface area contributed by atoms with Gasteiger partial charge in [0.1, 0.15) is 10.6 Å². The van der Waals surface area contributed by atoms with E-state index in [9.17, 15) is 9.59 Å². The van der Waals surface area contributed by atoms with Crippen LogP contribution in [-0.2, 0) is 4.74 Å². The molecule has 0 saturated heterocycles. The van der Waals surface area contributed by atoms with Crippen LogP contribution in [0.2, 0.25) is 0 Å². The number of anilines is 1. The second-order valence-corrected chi connectivity index (χ2v) is 7.61. The smallest absolute Gasteiger partial charge is 0.341 e. The van der Waals surface area contributed by atoms with Gasteiger partial charge in [-0.1, -0.05) is 42.5 Å². The number of nitrogens with one attached hydrogen (secondary N) is 1. The Bertz CT molecular complexity index is 966. The fourth-order valence-corrected chi connectivity index (χ4v) is 4.22. The molecule has 1 amide bonds. The highest BCUT2D eigenvalue weighted by atomic mass is 79.9. The Morgan fingerprint density at radius 3 is 2.35 bits per heavy atom. The zero-order valence-corrected chi connectivity index (χ0v) is 16.6. The first kappa shape index (κ1) is 18.4. The fraction of sp³-hybridized carbons (Fsp3) is 0.100. The molecule has 0 bridgehead atoms. The van der Waals surface area contributed by atoms with Crippen LogP contribution in [0, 0.1) is 6.92 Å². The van der Waals surface area contributed by atoms with Gasteiger partial charge >= 0.3 is 5.97 Å². The predicted molar refractivity (Wildman–Crippen MR) is 108 cm³/mol. The average Bonchev–Trinajstić information content (AvgIpc) is 2.97. The highest BCUT2D eigenvalue weighted by molar-refractivity contribution is 9.10. The molecule has 3 rings (SSSR count). The lowest BCUT2D eigenvalue weighted by Crippen LogP contribution is -2.14. The van der Waals surface area contributed by atoms with Crippen LogP contribution in [0.15, 0.2) is 59.1 Å². The molecule has 3 aromatic rings. The van der Waals surface area contributed by atoms with E-state index in [1.165, 1.54) is 18.4 Å². The van der Waals surface area contributed by atoms with E-state index in [2.05, 4.69) is 21.2 Å². The van der Waals surface area contributed by atoms with E-state index in [-0.39, 0.29) is 5.91 Å². The second-order valence-electron chi connectivity index (χ2n) is 5.53. The Morgan fingerprint density at radius 1 is 1.04 bits per heavy atom. The summed E-state index contributed by atoms with van der Waals surface area (Å²) < 4.78 is 5.66. The van der Waals surface area contributed by atoms with Gasteiger partial charge in [-0.15, -0.1) is 11.3 Å². The third-order valence-corrected chi connectivity index (χ3v) is 5.59. The van der Waals surface area contributed by atoms with Crippen molar-refractivity contribution in [3.63, 3.8) is 0 Å². The van der Waals surface area contributed by atoms with E-state index in [1.807, 2.05) is 43.3 Å². The summed E-state index contributed by atoms with van der Waals surface area (Å²) in [6, 6.07) is 16.7. The Balaban J connectivity index is 2.07. The van der Waals surface area contributed by atoms with Crippen LogP contribution in [0.3, 0.4) is 0 Å². The van der Waals surface area contributed by atoms with E-state index in [4.69, 9.17) is 4.74 Å². The summed E-state index contributed by atoms with van der Waals surface area (Å²) >= 11 is 4.74. The van der Waals surface area contributed by atoms with Crippen LogP contribution in [0.25, 0.3) is 11.1 Å². The molecule has 0 unspecified atom stereocenters. The maximum absolute atomic E-state index is 12.7. The number of hydrogen-bond donors (Lipinski definition) is 1. The summed E-state index contributed by atoms with van der Waals surface area (Å²) in [6.07, 6.45) is 0. The molecule has 0 radical (unpaired) electrons. The van der Waals surface area contributed by atoms with E-state index in [1.54, 1.807) is 18.2 Å². The van der Waals surface area contributed by atoms with Gasteiger partial charge in [-0.05, 0) is 40.5 Å². The zero-order valence-electron chi connectivity index (χ0n) is 14.2. The van der Waals surface area contributed by atoms with Crippen molar-refractivity contribution in [1.82, 2.24) is 0 Å². The maximum atomic E-state index is 12.7. The third kappa shape index (κ3) is 3.57. The molecular formula is C20H16BrNO3S. The number of amides is 1. The summed E-state index contributed by atoms with van der Waals surface area (Å²) in [5.74, 6) is -0.765. The molecule has 6 heteroatoms. The van der Waals surface area contributed by atoms with Crippen molar-refractivity contribution in [3.8, 4) is 11.1 Å². The number of benzene rings is 2. The molecule has 1 aromatic heterocycles. The number of halogens is 1. The van der Waals surface area contributed by atoms with Gasteiger partial charge in [0.05, 0.1) is 12.7 Å². The molecule has 0 atom stereocenters. The number of carbonyl (C=O) groups is 2. The van der Waals surface area contributed by atoms with Crippen LogP contribution >= 0.6 is 27.3 Å². The van der Waals surface area contributed by atoms with Crippen molar-refractivity contribution in [2.24, 2.45) is 0 Å². The van der Waals surface area contributed by atoms with Crippen molar-refractivity contribution >= 4 is 44.1 Å². The lowest BCUT2D eigenvalue weighted by atomic mass is 10.0. The SMILES string of the molecule is COC(=O)c1c(NC(=O)c2ccccc2Br)sc(C)c1-c1ccccc1. The Labute approximate surface area is 163 Å². The van der Waals surface area contributed by atoms with Gasteiger partial charge in [0.2, 0.25) is 0 Å². The number of carbonyl (C=O) groups excluding carboxylic acids is 2. The summed E-state index contributed by atoms with van der Waals surface area (Å²) in [5.41, 5.74) is 2.56. The zero-order chi connectivity index (χ0) is 18.7. The molecule has 0 aliphatic rings. The van der Waals surface area contributed by atoms with Gasteiger partial charge in [-0.2, -0.15) is 0 Å². The molecule has 26 heavy (non-hydrogen) atoms. The first-order valence-corrected chi connectivity index (χ1v) is 9.47. The van der Waals surface area contributed by atoms with Gasteiger partial charge < -0.3 is 10.1 Å². The van der Waals surface area contributed by atoms with Gasteiger partial charge in [0.15, 0.2) is 0 Å². The van der Waals surface area contributed by atoms with Crippen molar-refractivity contribution in [3.05, 3.63) is 75.1 Å². The first-order chi connectivity index (χ1) is 12.5. The number of esters is 1. The van der Waals surface area contributed by atoms with Crippen molar-refractivity contribution in [1.29, 1.82) is 0 Å². The molecular weight excluding hydrogens is 414 g/mol. The Morgan fingerprint density at radius 2 is 1.69 bits per heavy atom. The van der Waals surface area contributed by atoms with Crippen LogP contribution in [-0.4, -0.2) is 19.0 Å². The monoisotopic (exact) mass is 429 g/mol. The number of ether oxygens (including phenoxy) is 1. The quantitative estimate of drug-likeness (QED) is 0.555. The third-order valence-electron chi connectivity index (χ3n) is 3.88. The Kier molecular flexibility index (Phi) is 5.54. The lowest BCUT2D eigenvalue weighted by molar-refractivity contribution is 0.0603. The van der Waals surface area contributed by atoms with E-state index >= 15 is 0 Å². The summed E-state index contributed by atoms with van der Waals surface area (Å²) in [6.45, 7) is 1.92. The topological polar surface area (TPSA) is 55.4 Å². The lowest BCUT2D eigenvalue weighted by Gasteiger charge is -2.09. The fourth-order valence-electron chi connectivity index (χ4n) is 2.70. The molecule has 1 heterocycles. The van der Waals surface area contributed by atoms with Gasteiger partial charge in [-0.25, -0.2) is 4.79 Å². The minimum atomic E-state index is -0.476. The number of thiophene rings is 1. The highest BCUT2D eigenvalue weighted by Gasteiger charge is 2.25. The molecule has 0 saturated carbocycles. The molecule has 0 spiro atoms. The minimum Gasteiger partial charge on any atom is -0.465 e. The number of aryl methyl sites for hydroxylation is 1. The van der Waals surface area contributed by atoms with E-state index < -0.39 is 5.97 Å². The van der Waals surface area contributed by atoms with Gasteiger partial charge in [-0.3, -0.25) is 4.79 Å². The Hall–Kier alpha value is -2.44. The normalized spacial score (nSPS) is 10.4. The van der Waals surface area contributed by atoms with E-state index in [0.29, 0.717) is 20.6 Å². The summed E-state index contributed by atoms with van der Waals surface area (Å²) in [7, 11) is 1.34. The molecule has 0 aliphatic heterocycles. The minimum absolute atomic E-state index is 0.288. The molecule has 1 N–H and O–H groups in total. The molecule has 132 valence electrons. The standard InChI is InChI=1S/C20H16BrNO3S/c1-12-16(13-8-4-3-5-9-13)17(20(24)25-2)19(26-12)22-18(23)14-10-6-7-11-15(14)21/h3-11H,1-2H3,(H,22,23). The predicted octanol–water partition coefficient (Wildman–Crippen LogP) is 5.52. The second kappa shape index (κ2) is 7.85. The van der Waals surface area contributed by atoms with Crippen molar-refractivity contribution in [2.75, 3.05) is 12.4 Å². The molecule has 2 aromatic carbocycles. The molecule has 0 aliphatic carbocycles. The highest BCUT2D eigenvalue weighted by Crippen LogP contribution is 2.40. The van der Waals surface area contributed by atoms with Crippen LogP contribution in [0.5, 0.6) is 0 Å². The average molecular weight is 430 g/mol. The van der Waals surface area contributed by atoms with E-state index in [0.717, 1.165) is 16.0 Å². The van der Waals surface area contributed by atoms with Gasteiger partial charge in [0.25, 0.3) is 5.91 Å². The van der Waals surface area contributed by atoms with Crippen LogP contribution in [0.4, 0.5) is 5.00 Å².